The van der Waals surface area contributed by atoms with Crippen LogP contribution in [-0.4, -0.2) is 39.8 Å². The van der Waals surface area contributed by atoms with Gasteiger partial charge in [0.05, 0.1) is 5.69 Å². The van der Waals surface area contributed by atoms with Crippen LogP contribution in [0.25, 0.3) is 0 Å². The van der Waals surface area contributed by atoms with Crippen molar-refractivity contribution in [2.75, 3.05) is 19.7 Å². The van der Waals surface area contributed by atoms with Crippen molar-refractivity contribution < 1.29 is 4.74 Å². The smallest absolute Gasteiger partial charge is 0.122 e. The normalized spacial score (nSPS) is 21.1. The lowest BCUT2D eigenvalue weighted by Crippen LogP contribution is -2.34. The summed E-state index contributed by atoms with van der Waals surface area (Å²) in [7, 11) is 0. The van der Waals surface area contributed by atoms with Crippen molar-refractivity contribution in [3.63, 3.8) is 0 Å². The van der Waals surface area contributed by atoms with E-state index in [2.05, 4.69) is 33.5 Å². The molecule has 0 spiro atoms. The molecule has 6 heteroatoms. The molecule has 22 heavy (non-hydrogen) atoms. The lowest BCUT2D eigenvalue weighted by atomic mass is 9.95. The monoisotopic (exact) mass is 320 g/mol. The standard InChI is InChI=1S/C16H24N4OS/c1-3-21-12(2)16-18-14(11-22-16)10-20-8-4-5-13(9-20)15-6-7-17-19-15/h6-7,11-13H,3-5,8-10H2,1-2H3,(H,17,19)/t12-,13-/m0/s1. The van der Waals surface area contributed by atoms with Crippen LogP contribution >= 0.6 is 11.3 Å². The molecule has 1 aliphatic heterocycles. The molecule has 0 bridgehead atoms. The molecule has 0 aliphatic carbocycles. The zero-order valence-corrected chi connectivity index (χ0v) is 14.1. The summed E-state index contributed by atoms with van der Waals surface area (Å²) in [5.74, 6) is 0.566. The molecule has 0 radical (unpaired) electrons. The molecular weight excluding hydrogens is 296 g/mol. The number of piperidine rings is 1. The van der Waals surface area contributed by atoms with Gasteiger partial charge in [-0.2, -0.15) is 5.10 Å². The van der Waals surface area contributed by atoms with Crippen molar-refractivity contribution >= 4 is 11.3 Å². The van der Waals surface area contributed by atoms with E-state index < -0.39 is 0 Å². The van der Waals surface area contributed by atoms with Gasteiger partial charge in [0.1, 0.15) is 11.1 Å². The third-order valence-electron chi connectivity index (χ3n) is 4.19. The second kappa shape index (κ2) is 7.35. The second-order valence-corrected chi connectivity index (χ2v) is 6.75. The van der Waals surface area contributed by atoms with Gasteiger partial charge in [0.25, 0.3) is 0 Å². The number of rotatable bonds is 6. The van der Waals surface area contributed by atoms with E-state index in [0.29, 0.717) is 5.92 Å². The van der Waals surface area contributed by atoms with Crippen LogP contribution in [0.15, 0.2) is 17.6 Å². The van der Waals surface area contributed by atoms with Crippen LogP contribution in [0.4, 0.5) is 0 Å². The zero-order valence-electron chi connectivity index (χ0n) is 13.3. The SMILES string of the molecule is CCO[C@@H](C)c1nc(CN2CCC[C@H](c3ccn[nH]3)C2)cs1. The number of hydrogen-bond acceptors (Lipinski definition) is 5. The summed E-state index contributed by atoms with van der Waals surface area (Å²) in [6.45, 7) is 7.98. The molecule has 1 saturated heterocycles. The maximum absolute atomic E-state index is 5.62. The van der Waals surface area contributed by atoms with Gasteiger partial charge in [0, 0.05) is 42.9 Å². The average molecular weight is 320 g/mol. The van der Waals surface area contributed by atoms with Gasteiger partial charge in [-0.3, -0.25) is 10.00 Å². The maximum Gasteiger partial charge on any atom is 0.122 e. The number of H-pyrrole nitrogens is 1. The van der Waals surface area contributed by atoms with Crippen molar-refractivity contribution in [2.45, 2.75) is 45.3 Å². The van der Waals surface area contributed by atoms with E-state index in [1.807, 2.05) is 13.1 Å². The minimum absolute atomic E-state index is 0.0999. The average Bonchev–Trinajstić information content (AvgIpc) is 3.19. The highest BCUT2D eigenvalue weighted by Gasteiger charge is 2.23. The van der Waals surface area contributed by atoms with E-state index in [4.69, 9.17) is 9.72 Å². The summed E-state index contributed by atoms with van der Waals surface area (Å²) in [4.78, 5) is 7.24. The van der Waals surface area contributed by atoms with Crippen molar-refractivity contribution in [2.24, 2.45) is 0 Å². The fourth-order valence-electron chi connectivity index (χ4n) is 3.08. The molecule has 2 aromatic heterocycles. The van der Waals surface area contributed by atoms with Crippen LogP contribution in [0.5, 0.6) is 0 Å². The first-order valence-electron chi connectivity index (χ1n) is 8.03. The van der Waals surface area contributed by atoms with Crippen LogP contribution < -0.4 is 0 Å². The second-order valence-electron chi connectivity index (χ2n) is 5.86. The van der Waals surface area contributed by atoms with Gasteiger partial charge in [0.15, 0.2) is 0 Å². The highest BCUT2D eigenvalue weighted by Crippen LogP contribution is 2.27. The van der Waals surface area contributed by atoms with Gasteiger partial charge in [-0.1, -0.05) is 0 Å². The van der Waals surface area contributed by atoms with Crippen LogP contribution in [0.3, 0.4) is 0 Å². The Morgan fingerprint density at radius 3 is 3.23 bits per heavy atom. The number of thiazole rings is 1. The number of hydrogen-bond donors (Lipinski definition) is 1. The van der Waals surface area contributed by atoms with Crippen LogP contribution in [0.2, 0.25) is 0 Å². The van der Waals surface area contributed by atoms with E-state index in [9.17, 15) is 0 Å². The molecule has 3 rings (SSSR count). The van der Waals surface area contributed by atoms with E-state index in [1.54, 1.807) is 11.3 Å². The fourth-order valence-corrected chi connectivity index (χ4v) is 3.89. The van der Waals surface area contributed by atoms with Crippen LogP contribution in [-0.2, 0) is 11.3 Å². The Morgan fingerprint density at radius 1 is 1.55 bits per heavy atom. The Hall–Kier alpha value is -1.24. The Labute approximate surface area is 135 Å². The number of nitrogens with zero attached hydrogens (tertiary/aromatic N) is 3. The summed E-state index contributed by atoms with van der Waals surface area (Å²) in [5, 5.41) is 10.4. The Bertz CT molecular complexity index is 568. The first kappa shape index (κ1) is 15.6. The van der Waals surface area contributed by atoms with Gasteiger partial charge in [0.2, 0.25) is 0 Å². The third kappa shape index (κ3) is 3.74. The van der Waals surface area contributed by atoms with Gasteiger partial charge in [-0.05, 0) is 39.3 Å². The summed E-state index contributed by atoms with van der Waals surface area (Å²) < 4.78 is 5.62. The van der Waals surface area contributed by atoms with E-state index in [-0.39, 0.29) is 6.10 Å². The molecule has 120 valence electrons. The topological polar surface area (TPSA) is 54.0 Å². The lowest BCUT2D eigenvalue weighted by Gasteiger charge is -2.31. The predicted molar refractivity (Wildman–Crippen MR) is 88.0 cm³/mol. The first-order chi connectivity index (χ1) is 10.8. The van der Waals surface area contributed by atoms with E-state index in [0.717, 1.165) is 36.9 Å². The van der Waals surface area contributed by atoms with Crippen LogP contribution in [0.1, 0.15) is 55.1 Å². The van der Waals surface area contributed by atoms with Crippen LogP contribution in [0, 0.1) is 0 Å². The molecule has 0 amide bonds. The summed E-state index contributed by atoms with van der Waals surface area (Å²) >= 11 is 1.71. The van der Waals surface area contributed by atoms with Crippen molar-refractivity contribution in [1.29, 1.82) is 0 Å². The molecule has 1 fully saturated rings. The first-order valence-corrected chi connectivity index (χ1v) is 8.91. The predicted octanol–water partition coefficient (Wildman–Crippen LogP) is 3.34. The fraction of sp³-hybridized carbons (Fsp3) is 0.625. The Kier molecular flexibility index (Phi) is 5.23. The molecule has 5 nitrogen and oxygen atoms in total. The third-order valence-corrected chi connectivity index (χ3v) is 5.24. The molecule has 1 N–H and O–H groups in total. The van der Waals surface area contributed by atoms with Gasteiger partial charge in [-0.15, -0.1) is 11.3 Å². The minimum Gasteiger partial charge on any atom is -0.372 e. The zero-order chi connectivity index (χ0) is 15.4. The van der Waals surface area contributed by atoms with E-state index >= 15 is 0 Å². The summed E-state index contributed by atoms with van der Waals surface area (Å²) in [5.41, 5.74) is 2.42. The molecule has 0 saturated carbocycles. The molecule has 0 unspecified atom stereocenters. The number of aromatic amines is 1. The lowest BCUT2D eigenvalue weighted by molar-refractivity contribution is 0.0759. The number of aromatic nitrogens is 3. The number of ether oxygens (including phenoxy) is 1. The van der Waals surface area contributed by atoms with Gasteiger partial charge >= 0.3 is 0 Å². The Morgan fingerprint density at radius 2 is 2.45 bits per heavy atom. The molecular formula is C16H24N4OS. The van der Waals surface area contributed by atoms with Gasteiger partial charge < -0.3 is 4.74 Å². The van der Waals surface area contributed by atoms with E-state index in [1.165, 1.54) is 18.5 Å². The largest absolute Gasteiger partial charge is 0.372 e. The molecule has 3 heterocycles. The molecule has 1 aliphatic rings. The summed E-state index contributed by atoms with van der Waals surface area (Å²) in [6.07, 6.45) is 4.41. The summed E-state index contributed by atoms with van der Waals surface area (Å²) in [6, 6.07) is 2.10. The van der Waals surface area contributed by atoms with Gasteiger partial charge in [-0.25, -0.2) is 4.98 Å². The molecule has 0 aromatic carbocycles. The highest BCUT2D eigenvalue weighted by atomic mass is 32.1. The Balaban J connectivity index is 1.58. The van der Waals surface area contributed by atoms with Crippen molar-refractivity contribution in [3.8, 4) is 0 Å². The quantitative estimate of drug-likeness (QED) is 0.887. The molecule has 2 atom stereocenters. The van der Waals surface area contributed by atoms with Crippen molar-refractivity contribution in [3.05, 3.63) is 34.0 Å². The maximum atomic E-state index is 5.62. The minimum atomic E-state index is 0.0999. The van der Waals surface area contributed by atoms with Crippen molar-refractivity contribution in [1.82, 2.24) is 20.1 Å². The highest BCUT2D eigenvalue weighted by molar-refractivity contribution is 7.09. The number of nitrogens with one attached hydrogen (secondary N) is 1. The number of likely N-dealkylation sites (tertiary alicyclic amines) is 1. The molecule has 2 aromatic rings.